The van der Waals surface area contributed by atoms with Crippen molar-refractivity contribution in [3.05, 3.63) is 42.0 Å². The first kappa shape index (κ1) is 17.5. The lowest BCUT2D eigenvalue weighted by Gasteiger charge is -2.38. The largest absolute Gasteiger partial charge is 0.454 e. The topological polar surface area (TPSA) is 88.2 Å². The molecule has 5 rings (SSSR count). The summed E-state index contributed by atoms with van der Waals surface area (Å²) in [5.74, 6) is 0.764. The Balaban J connectivity index is 1.51. The van der Waals surface area contributed by atoms with Crippen LogP contribution in [0.25, 0.3) is 11.1 Å². The highest BCUT2D eigenvalue weighted by atomic mass is 16.7. The summed E-state index contributed by atoms with van der Waals surface area (Å²) in [6.45, 7) is 2.61. The number of fused-ring (bicyclic) bond motifs is 3. The molecule has 2 aromatic rings. The minimum absolute atomic E-state index is 0.100. The average Bonchev–Trinajstić information content (AvgIpc) is 3.17. The van der Waals surface area contributed by atoms with Crippen LogP contribution in [-0.2, 0) is 9.59 Å². The summed E-state index contributed by atoms with van der Waals surface area (Å²) in [5.41, 5.74) is 2.64. The van der Waals surface area contributed by atoms with Gasteiger partial charge >= 0.3 is 0 Å². The molecule has 8 heteroatoms. The SMILES string of the molecule is CC(=O)N1CCN2C(=O)c3cc(-c4ccc5c(c4)OCO5)ccc3NC(=O)C2C1. The lowest BCUT2D eigenvalue weighted by atomic mass is 10.0. The highest BCUT2D eigenvalue weighted by Gasteiger charge is 2.39. The number of ether oxygens (including phenoxy) is 2. The number of amides is 3. The monoisotopic (exact) mass is 393 g/mol. The van der Waals surface area contributed by atoms with Crippen LogP contribution in [0.4, 0.5) is 5.69 Å². The summed E-state index contributed by atoms with van der Waals surface area (Å²) in [6.07, 6.45) is 0. The van der Waals surface area contributed by atoms with Crippen LogP contribution in [-0.4, -0.2) is 60.0 Å². The smallest absolute Gasteiger partial charge is 0.256 e. The predicted molar refractivity (Wildman–Crippen MR) is 104 cm³/mol. The first-order chi connectivity index (χ1) is 14.0. The summed E-state index contributed by atoms with van der Waals surface area (Å²) in [6, 6.07) is 10.3. The number of rotatable bonds is 1. The number of carbonyl (C=O) groups excluding carboxylic acids is 3. The second-order valence-corrected chi connectivity index (χ2v) is 7.30. The molecule has 1 unspecified atom stereocenters. The third-order valence-electron chi connectivity index (χ3n) is 5.60. The zero-order valence-electron chi connectivity index (χ0n) is 15.8. The fourth-order valence-corrected chi connectivity index (χ4v) is 3.99. The third-order valence-corrected chi connectivity index (χ3v) is 5.60. The molecule has 0 radical (unpaired) electrons. The van der Waals surface area contributed by atoms with Gasteiger partial charge in [-0.05, 0) is 35.4 Å². The number of nitrogens with one attached hydrogen (secondary N) is 1. The molecule has 0 bridgehead atoms. The van der Waals surface area contributed by atoms with Gasteiger partial charge in [0.2, 0.25) is 18.6 Å². The molecule has 1 atom stereocenters. The minimum Gasteiger partial charge on any atom is -0.454 e. The van der Waals surface area contributed by atoms with Crippen molar-refractivity contribution < 1.29 is 23.9 Å². The number of carbonyl (C=O) groups is 3. The van der Waals surface area contributed by atoms with E-state index in [0.29, 0.717) is 35.8 Å². The van der Waals surface area contributed by atoms with Crippen LogP contribution in [0, 0.1) is 0 Å². The Kier molecular flexibility index (Phi) is 3.94. The maximum absolute atomic E-state index is 13.2. The van der Waals surface area contributed by atoms with E-state index in [0.717, 1.165) is 11.1 Å². The second kappa shape index (κ2) is 6.51. The standard InChI is InChI=1S/C21H19N3O5/c1-12(25)23-6-7-24-17(10-23)20(26)22-16-4-2-13(8-15(16)21(24)27)14-3-5-18-19(9-14)29-11-28-18/h2-5,8-9,17H,6-7,10-11H2,1H3,(H,22,26). The fourth-order valence-electron chi connectivity index (χ4n) is 3.99. The van der Waals surface area contributed by atoms with E-state index < -0.39 is 6.04 Å². The van der Waals surface area contributed by atoms with E-state index in [1.807, 2.05) is 24.3 Å². The van der Waals surface area contributed by atoms with Crippen LogP contribution in [0.3, 0.4) is 0 Å². The third kappa shape index (κ3) is 2.88. The number of nitrogens with zero attached hydrogens (tertiary/aromatic N) is 2. The van der Waals surface area contributed by atoms with Gasteiger partial charge in [-0.15, -0.1) is 0 Å². The Morgan fingerprint density at radius 3 is 2.62 bits per heavy atom. The highest BCUT2D eigenvalue weighted by molar-refractivity contribution is 6.10. The summed E-state index contributed by atoms with van der Waals surface area (Å²) in [7, 11) is 0. The first-order valence-electron chi connectivity index (χ1n) is 9.43. The van der Waals surface area contributed by atoms with E-state index >= 15 is 0 Å². The van der Waals surface area contributed by atoms with E-state index in [4.69, 9.17) is 9.47 Å². The Morgan fingerprint density at radius 2 is 1.79 bits per heavy atom. The lowest BCUT2D eigenvalue weighted by Crippen LogP contribution is -2.59. The average molecular weight is 393 g/mol. The van der Waals surface area contributed by atoms with Crippen molar-refractivity contribution in [1.29, 1.82) is 0 Å². The van der Waals surface area contributed by atoms with Crippen molar-refractivity contribution in [3.8, 4) is 22.6 Å². The minimum atomic E-state index is -0.693. The molecule has 3 aliphatic rings. The van der Waals surface area contributed by atoms with E-state index in [1.54, 1.807) is 21.9 Å². The van der Waals surface area contributed by atoms with Crippen molar-refractivity contribution in [1.82, 2.24) is 9.80 Å². The van der Waals surface area contributed by atoms with Gasteiger partial charge < -0.3 is 24.6 Å². The molecule has 2 aromatic carbocycles. The van der Waals surface area contributed by atoms with Crippen LogP contribution in [0.15, 0.2) is 36.4 Å². The summed E-state index contributed by atoms with van der Waals surface area (Å²) < 4.78 is 10.8. The quantitative estimate of drug-likeness (QED) is 0.797. The molecule has 0 aliphatic carbocycles. The second-order valence-electron chi connectivity index (χ2n) is 7.30. The number of hydrogen-bond donors (Lipinski definition) is 1. The first-order valence-corrected chi connectivity index (χ1v) is 9.43. The number of piperazine rings is 1. The Morgan fingerprint density at radius 1 is 1.03 bits per heavy atom. The van der Waals surface area contributed by atoms with Crippen LogP contribution in [0.5, 0.6) is 11.5 Å². The van der Waals surface area contributed by atoms with Gasteiger partial charge in [-0.1, -0.05) is 12.1 Å². The Labute approximate surface area is 167 Å². The predicted octanol–water partition coefficient (Wildman–Crippen LogP) is 1.71. The molecule has 3 heterocycles. The Hall–Kier alpha value is -3.55. The molecule has 1 saturated heterocycles. The molecule has 0 saturated carbocycles. The van der Waals surface area contributed by atoms with Crippen LogP contribution in [0.1, 0.15) is 17.3 Å². The van der Waals surface area contributed by atoms with Gasteiger partial charge in [0.1, 0.15) is 6.04 Å². The van der Waals surface area contributed by atoms with Gasteiger partial charge in [0.05, 0.1) is 17.8 Å². The van der Waals surface area contributed by atoms with E-state index in [-0.39, 0.29) is 31.1 Å². The van der Waals surface area contributed by atoms with Gasteiger partial charge in [-0.3, -0.25) is 14.4 Å². The van der Waals surface area contributed by atoms with Gasteiger partial charge in [0, 0.05) is 20.0 Å². The molecule has 1 fully saturated rings. The molecule has 8 nitrogen and oxygen atoms in total. The highest BCUT2D eigenvalue weighted by Crippen LogP contribution is 2.37. The van der Waals surface area contributed by atoms with Crippen LogP contribution in [0.2, 0.25) is 0 Å². The van der Waals surface area contributed by atoms with E-state index in [9.17, 15) is 14.4 Å². The molecule has 148 valence electrons. The zero-order valence-corrected chi connectivity index (χ0v) is 15.8. The number of hydrogen-bond acceptors (Lipinski definition) is 5. The van der Waals surface area contributed by atoms with Gasteiger partial charge in [0.15, 0.2) is 11.5 Å². The van der Waals surface area contributed by atoms with Crippen LogP contribution >= 0.6 is 0 Å². The van der Waals surface area contributed by atoms with Gasteiger partial charge in [-0.25, -0.2) is 0 Å². The molecule has 29 heavy (non-hydrogen) atoms. The molecule has 0 spiro atoms. The molecule has 3 aliphatic heterocycles. The molecule has 1 N–H and O–H groups in total. The molecular formula is C21H19N3O5. The van der Waals surface area contributed by atoms with Crippen molar-refractivity contribution >= 4 is 23.4 Å². The van der Waals surface area contributed by atoms with Gasteiger partial charge in [-0.2, -0.15) is 0 Å². The van der Waals surface area contributed by atoms with E-state index in [1.165, 1.54) is 6.92 Å². The summed E-state index contributed by atoms with van der Waals surface area (Å²) in [4.78, 5) is 40.9. The summed E-state index contributed by atoms with van der Waals surface area (Å²) >= 11 is 0. The van der Waals surface area contributed by atoms with Crippen molar-refractivity contribution in [3.63, 3.8) is 0 Å². The van der Waals surface area contributed by atoms with Gasteiger partial charge in [0.25, 0.3) is 5.91 Å². The number of anilines is 1. The summed E-state index contributed by atoms with van der Waals surface area (Å²) in [5, 5.41) is 2.85. The van der Waals surface area contributed by atoms with Crippen molar-refractivity contribution in [2.45, 2.75) is 13.0 Å². The lowest BCUT2D eigenvalue weighted by molar-refractivity contribution is -0.133. The molecule has 3 amide bonds. The molecular weight excluding hydrogens is 374 g/mol. The molecule has 0 aromatic heterocycles. The maximum Gasteiger partial charge on any atom is 0.256 e. The zero-order chi connectivity index (χ0) is 20.1. The van der Waals surface area contributed by atoms with Crippen LogP contribution < -0.4 is 14.8 Å². The number of benzene rings is 2. The van der Waals surface area contributed by atoms with Crippen molar-refractivity contribution in [2.24, 2.45) is 0 Å². The van der Waals surface area contributed by atoms with Crippen molar-refractivity contribution in [2.75, 3.05) is 31.7 Å². The Bertz CT molecular complexity index is 1050. The fraction of sp³-hybridized carbons (Fsp3) is 0.286. The van der Waals surface area contributed by atoms with E-state index in [2.05, 4.69) is 5.32 Å². The normalized spacial score (nSPS) is 20.0. The maximum atomic E-state index is 13.2.